The molecule has 4 amide bonds. The van der Waals surface area contributed by atoms with Gasteiger partial charge in [-0.15, -0.1) is 0 Å². The van der Waals surface area contributed by atoms with Crippen molar-refractivity contribution >= 4 is 29.6 Å². The van der Waals surface area contributed by atoms with Gasteiger partial charge in [0, 0.05) is 31.3 Å². The first-order valence-electron chi connectivity index (χ1n) is 18.1. The summed E-state index contributed by atoms with van der Waals surface area (Å²) in [5.74, 6) is -4.07. The van der Waals surface area contributed by atoms with Crippen LogP contribution in [0.2, 0.25) is 0 Å². The third-order valence-corrected chi connectivity index (χ3v) is 8.29. The number of hydrogen-bond acceptors (Lipinski definition) is 9. The zero-order chi connectivity index (χ0) is 39.2. The van der Waals surface area contributed by atoms with Gasteiger partial charge in [-0.25, -0.2) is 9.78 Å². The summed E-state index contributed by atoms with van der Waals surface area (Å²) >= 11 is 0. The number of rotatable bonds is 20. The van der Waals surface area contributed by atoms with Gasteiger partial charge in [-0.1, -0.05) is 71.9 Å². The lowest BCUT2D eigenvalue weighted by Gasteiger charge is -2.31. The van der Waals surface area contributed by atoms with E-state index in [1.54, 1.807) is 58.9 Å². The largest absolute Gasteiger partial charge is 0.444 e. The van der Waals surface area contributed by atoms with Crippen LogP contribution in [-0.2, 0) is 36.8 Å². The van der Waals surface area contributed by atoms with E-state index in [4.69, 9.17) is 4.74 Å². The molecule has 6 atom stereocenters. The van der Waals surface area contributed by atoms with Crippen molar-refractivity contribution in [2.75, 3.05) is 6.54 Å². The van der Waals surface area contributed by atoms with Gasteiger partial charge in [-0.3, -0.25) is 19.2 Å². The molecule has 1 aromatic heterocycles. The summed E-state index contributed by atoms with van der Waals surface area (Å²) in [4.78, 5) is 74.4. The number of aromatic nitrogens is 2. The minimum absolute atomic E-state index is 0.0538. The number of alkyl carbamates (subject to hydrolysis) is 1. The Labute approximate surface area is 307 Å². The maximum atomic E-state index is 14.0. The minimum atomic E-state index is -1.98. The van der Waals surface area contributed by atoms with Crippen molar-refractivity contribution in [1.82, 2.24) is 31.2 Å². The summed E-state index contributed by atoms with van der Waals surface area (Å²) in [6, 6.07) is 5.35. The predicted octanol–water partition coefficient (Wildman–Crippen LogP) is 2.83. The van der Waals surface area contributed by atoms with E-state index in [1.165, 1.54) is 12.5 Å². The van der Waals surface area contributed by atoms with Gasteiger partial charge < -0.3 is 41.2 Å². The van der Waals surface area contributed by atoms with Crippen LogP contribution in [0, 0.1) is 23.7 Å². The van der Waals surface area contributed by atoms with Gasteiger partial charge >= 0.3 is 6.09 Å². The Balaban J connectivity index is 2.35. The van der Waals surface area contributed by atoms with E-state index in [2.05, 4.69) is 31.2 Å². The zero-order valence-electron chi connectivity index (χ0n) is 32.1. The standard InChI is InChI=1S/C38H60N6O8/c1-22(2)15-16-40-36(50)30(24(5)6)32(46)33(47)31(45)27(17-23(3)4)42-35(49)29(19-26-20-39-21-41-26)43-34(48)28(18-25-13-11-10-12-14-25)44-37(51)52-38(7,8)9/h10-14,20-24,27-30,32-33,46-47H,15-19H2,1-9H3,(H,39,41)(H,40,50)(H,42,49)(H,43,48)(H,44,51)/t27-,28-,29-,30+,32+,33+/m0/s1. The average molecular weight is 729 g/mol. The van der Waals surface area contributed by atoms with E-state index in [0.717, 1.165) is 12.0 Å². The van der Waals surface area contributed by atoms with Gasteiger partial charge in [-0.05, 0) is 56.9 Å². The summed E-state index contributed by atoms with van der Waals surface area (Å²) in [6.45, 7) is 16.6. The van der Waals surface area contributed by atoms with Crippen molar-refractivity contribution in [3.8, 4) is 0 Å². The molecule has 0 saturated heterocycles. The fraction of sp³-hybridized carbons (Fsp3) is 0.632. The number of benzene rings is 1. The van der Waals surface area contributed by atoms with Gasteiger partial charge in [0.25, 0.3) is 0 Å². The van der Waals surface area contributed by atoms with Crippen LogP contribution in [0.4, 0.5) is 4.79 Å². The Kier molecular flexibility index (Phi) is 17.4. The van der Waals surface area contributed by atoms with Gasteiger partial charge in [-0.2, -0.15) is 0 Å². The van der Waals surface area contributed by atoms with E-state index in [-0.39, 0.29) is 25.2 Å². The topological polar surface area (TPSA) is 212 Å². The highest BCUT2D eigenvalue weighted by atomic mass is 16.6. The Morgan fingerprint density at radius 3 is 1.92 bits per heavy atom. The van der Waals surface area contributed by atoms with Crippen LogP contribution in [0.5, 0.6) is 0 Å². The molecule has 290 valence electrons. The second kappa shape index (κ2) is 20.7. The molecule has 1 aromatic carbocycles. The molecule has 1 heterocycles. The van der Waals surface area contributed by atoms with E-state index in [0.29, 0.717) is 18.2 Å². The molecule has 0 saturated carbocycles. The molecule has 0 aliphatic rings. The molecule has 14 heteroatoms. The summed E-state index contributed by atoms with van der Waals surface area (Å²) in [5, 5.41) is 33.2. The lowest BCUT2D eigenvalue weighted by atomic mass is 9.83. The summed E-state index contributed by atoms with van der Waals surface area (Å²) in [5.41, 5.74) is 0.423. The number of aliphatic hydroxyl groups is 2. The summed E-state index contributed by atoms with van der Waals surface area (Å²) in [7, 11) is 0. The van der Waals surface area contributed by atoms with E-state index in [9.17, 15) is 34.2 Å². The number of carbonyl (C=O) groups excluding carboxylic acids is 5. The van der Waals surface area contributed by atoms with Crippen molar-refractivity contribution in [2.45, 2.75) is 124 Å². The first kappa shape index (κ1) is 43.9. The molecule has 0 spiro atoms. The van der Waals surface area contributed by atoms with Crippen molar-refractivity contribution in [1.29, 1.82) is 0 Å². The fourth-order valence-corrected chi connectivity index (χ4v) is 5.62. The molecule has 52 heavy (non-hydrogen) atoms. The Morgan fingerprint density at radius 2 is 1.40 bits per heavy atom. The molecule has 0 fully saturated rings. The second-order valence-corrected chi connectivity index (χ2v) is 15.5. The maximum absolute atomic E-state index is 14.0. The number of ether oxygens (including phenoxy) is 1. The van der Waals surface area contributed by atoms with E-state index < -0.39 is 77.4 Å². The van der Waals surface area contributed by atoms with Gasteiger partial charge in [0.15, 0.2) is 5.78 Å². The quantitative estimate of drug-likeness (QED) is 0.107. The number of imidazole rings is 1. The molecule has 0 aliphatic heterocycles. The van der Waals surface area contributed by atoms with E-state index in [1.807, 2.05) is 33.8 Å². The normalized spacial score (nSPS) is 15.3. The molecule has 0 bridgehead atoms. The monoisotopic (exact) mass is 728 g/mol. The van der Waals surface area contributed by atoms with Crippen LogP contribution in [0.15, 0.2) is 42.9 Å². The summed E-state index contributed by atoms with van der Waals surface area (Å²) < 4.78 is 5.40. The Morgan fingerprint density at radius 1 is 0.808 bits per heavy atom. The Bertz CT molecular complexity index is 1420. The smallest absolute Gasteiger partial charge is 0.408 e. The highest BCUT2D eigenvalue weighted by Crippen LogP contribution is 2.21. The molecule has 0 radical (unpaired) electrons. The molecule has 2 aromatic rings. The van der Waals surface area contributed by atoms with Crippen LogP contribution in [0.25, 0.3) is 0 Å². The van der Waals surface area contributed by atoms with Crippen molar-refractivity contribution in [3.05, 3.63) is 54.1 Å². The number of hydrogen-bond donors (Lipinski definition) is 7. The molecule has 7 N–H and O–H groups in total. The number of Topliss-reactive ketones (excluding diaryl/α,β-unsaturated/α-hetero) is 1. The van der Waals surface area contributed by atoms with Gasteiger partial charge in [0.1, 0.15) is 23.8 Å². The highest BCUT2D eigenvalue weighted by Gasteiger charge is 2.41. The number of carbonyl (C=O) groups is 5. The van der Waals surface area contributed by atoms with Crippen LogP contribution < -0.4 is 21.3 Å². The van der Waals surface area contributed by atoms with Gasteiger partial charge in [0.05, 0.1) is 24.4 Å². The Hall–Kier alpha value is -4.30. The SMILES string of the molecule is CC(C)CCNC(=O)[C@H](C(C)C)[C@@H](O)[C@H](O)C(=O)[C@H](CC(C)C)NC(=O)[C@H](Cc1cnc[nH]1)NC(=O)[C@H](Cc1ccccc1)NC(=O)OC(C)(C)C. The molecular formula is C38H60N6O8. The zero-order valence-corrected chi connectivity index (χ0v) is 32.1. The highest BCUT2D eigenvalue weighted by molar-refractivity contribution is 5.96. The lowest BCUT2D eigenvalue weighted by Crippen LogP contribution is -2.59. The molecule has 0 unspecified atom stereocenters. The molecule has 0 aliphatic carbocycles. The second-order valence-electron chi connectivity index (χ2n) is 15.5. The lowest BCUT2D eigenvalue weighted by molar-refractivity contribution is -0.146. The molecule has 14 nitrogen and oxygen atoms in total. The average Bonchev–Trinajstić information content (AvgIpc) is 3.55. The number of H-pyrrole nitrogens is 1. The number of nitrogens with zero attached hydrogens (tertiary/aromatic N) is 1. The third-order valence-electron chi connectivity index (χ3n) is 8.29. The van der Waals surface area contributed by atoms with Crippen molar-refractivity contribution < 1.29 is 38.9 Å². The fourth-order valence-electron chi connectivity index (χ4n) is 5.62. The minimum Gasteiger partial charge on any atom is -0.444 e. The van der Waals surface area contributed by atoms with Crippen molar-refractivity contribution in [2.24, 2.45) is 23.7 Å². The van der Waals surface area contributed by atoms with E-state index >= 15 is 0 Å². The van der Waals surface area contributed by atoms with Crippen LogP contribution >= 0.6 is 0 Å². The van der Waals surface area contributed by atoms with Gasteiger partial charge in [0.2, 0.25) is 17.7 Å². The third kappa shape index (κ3) is 15.1. The first-order valence-corrected chi connectivity index (χ1v) is 18.1. The molecular weight excluding hydrogens is 668 g/mol. The number of amides is 4. The number of nitrogens with one attached hydrogen (secondary N) is 5. The van der Waals surface area contributed by atoms with Crippen molar-refractivity contribution in [3.63, 3.8) is 0 Å². The van der Waals surface area contributed by atoms with Crippen LogP contribution in [0.3, 0.4) is 0 Å². The number of ketones is 1. The maximum Gasteiger partial charge on any atom is 0.408 e. The summed E-state index contributed by atoms with van der Waals surface area (Å²) in [6.07, 6.45) is -0.783. The van der Waals surface area contributed by atoms with Crippen LogP contribution in [-0.4, -0.2) is 92.3 Å². The molecule has 2 rings (SSSR count). The number of aromatic amines is 1. The number of aliphatic hydroxyl groups excluding tert-OH is 2. The van der Waals surface area contributed by atoms with Crippen LogP contribution in [0.1, 0.15) is 86.4 Å². The first-order chi connectivity index (χ1) is 24.3. The predicted molar refractivity (Wildman–Crippen MR) is 197 cm³/mol.